The molecule has 1 N–H and O–H groups in total. The van der Waals surface area contributed by atoms with Crippen molar-refractivity contribution in [3.8, 4) is 0 Å². The van der Waals surface area contributed by atoms with Gasteiger partial charge >= 0.3 is 0 Å². The SMILES string of the molecule is Cc1ccc([N+](=O)[O-])cc1NC(=O)c1ccc(CBr)cc1. The second-order valence-corrected chi connectivity index (χ2v) is 5.10. The van der Waals surface area contributed by atoms with E-state index >= 15 is 0 Å². The van der Waals surface area contributed by atoms with Gasteiger partial charge in [-0.15, -0.1) is 0 Å². The molecule has 2 rings (SSSR count). The fourth-order valence-corrected chi connectivity index (χ4v) is 2.17. The number of anilines is 1. The summed E-state index contributed by atoms with van der Waals surface area (Å²) in [5.41, 5.74) is 2.74. The molecule has 0 atom stereocenters. The Labute approximate surface area is 130 Å². The van der Waals surface area contributed by atoms with E-state index in [1.807, 2.05) is 12.1 Å². The molecule has 0 heterocycles. The summed E-state index contributed by atoms with van der Waals surface area (Å²) in [7, 11) is 0. The van der Waals surface area contributed by atoms with Gasteiger partial charge in [0.05, 0.1) is 10.6 Å². The zero-order chi connectivity index (χ0) is 15.4. The monoisotopic (exact) mass is 348 g/mol. The molecule has 5 nitrogen and oxygen atoms in total. The van der Waals surface area contributed by atoms with Crippen LogP contribution in [0.4, 0.5) is 11.4 Å². The summed E-state index contributed by atoms with van der Waals surface area (Å²) in [5, 5.41) is 14.2. The molecule has 0 bridgehead atoms. The lowest BCUT2D eigenvalue weighted by Crippen LogP contribution is -2.13. The summed E-state index contributed by atoms with van der Waals surface area (Å²) in [6.07, 6.45) is 0. The quantitative estimate of drug-likeness (QED) is 0.514. The number of rotatable bonds is 4. The lowest BCUT2D eigenvalue weighted by molar-refractivity contribution is -0.384. The van der Waals surface area contributed by atoms with Gasteiger partial charge in [-0.3, -0.25) is 14.9 Å². The topological polar surface area (TPSA) is 72.2 Å². The van der Waals surface area contributed by atoms with Crippen LogP contribution < -0.4 is 5.32 Å². The van der Waals surface area contributed by atoms with E-state index in [-0.39, 0.29) is 11.6 Å². The van der Waals surface area contributed by atoms with Crippen LogP contribution in [0.2, 0.25) is 0 Å². The minimum Gasteiger partial charge on any atom is -0.321 e. The van der Waals surface area contributed by atoms with Crippen LogP contribution in [0, 0.1) is 17.0 Å². The Balaban J connectivity index is 2.22. The van der Waals surface area contributed by atoms with E-state index in [2.05, 4.69) is 21.2 Å². The first-order valence-corrected chi connectivity index (χ1v) is 7.34. The van der Waals surface area contributed by atoms with Crippen LogP contribution in [-0.2, 0) is 5.33 Å². The third kappa shape index (κ3) is 3.66. The lowest BCUT2D eigenvalue weighted by Gasteiger charge is -2.08. The normalized spacial score (nSPS) is 10.2. The van der Waals surface area contributed by atoms with E-state index < -0.39 is 4.92 Å². The number of nitro benzene ring substituents is 1. The number of aryl methyl sites for hydroxylation is 1. The molecule has 21 heavy (non-hydrogen) atoms. The molecule has 0 saturated carbocycles. The molecule has 0 aliphatic carbocycles. The smallest absolute Gasteiger partial charge is 0.271 e. The van der Waals surface area contributed by atoms with E-state index in [1.54, 1.807) is 25.1 Å². The number of alkyl halides is 1. The van der Waals surface area contributed by atoms with Crippen LogP contribution in [0.25, 0.3) is 0 Å². The van der Waals surface area contributed by atoms with Crippen LogP contribution in [-0.4, -0.2) is 10.8 Å². The Bertz CT molecular complexity index is 684. The van der Waals surface area contributed by atoms with Crippen molar-refractivity contribution in [2.45, 2.75) is 12.3 Å². The maximum absolute atomic E-state index is 12.2. The first-order chi connectivity index (χ1) is 10.0. The predicted molar refractivity (Wildman–Crippen MR) is 84.9 cm³/mol. The summed E-state index contributed by atoms with van der Waals surface area (Å²) < 4.78 is 0. The van der Waals surface area contributed by atoms with Crippen molar-refractivity contribution in [1.29, 1.82) is 0 Å². The van der Waals surface area contributed by atoms with Gasteiger partial charge in [-0.1, -0.05) is 34.1 Å². The van der Waals surface area contributed by atoms with E-state index in [0.717, 1.165) is 16.5 Å². The predicted octanol–water partition coefficient (Wildman–Crippen LogP) is 4.05. The highest BCUT2D eigenvalue weighted by atomic mass is 79.9. The Morgan fingerprint density at radius 3 is 2.48 bits per heavy atom. The van der Waals surface area contributed by atoms with Crippen molar-refractivity contribution in [1.82, 2.24) is 0 Å². The number of non-ortho nitro benzene ring substituents is 1. The van der Waals surface area contributed by atoms with Crippen LogP contribution in [0.1, 0.15) is 21.5 Å². The van der Waals surface area contributed by atoms with Crippen LogP contribution in [0.3, 0.4) is 0 Å². The van der Waals surface area contributed by atoms with E-state index in [9.17, 15) is 14.9 Å². The largest absolute Gasteiger partial charge is 0.321 e. The van der Waals surface area contributed by atoms with Crippen molar-refractivity contribution in [2.75, 3.05) is 5.32 Å². The molecule has 108 valence electrons. The molecule has 6 heteroatoms. The number of benzene rings is 2. The van der Waals surface area contributed by atoms with Crippen molar-refractivity contribution < 1.29 is 9.72 Å². The van der Waals surface area contributed by atoms with Gasteiger partial charge in [0, 0.05) is 23.0 Å². The molecule has 0 saturated heterocycles. The molecule has 1 amide bonds. The standard InChI is InChI=1S/C15H13BrN2O3/c1-10-2-7-13(18(20)21)8-14(10)17-15(19)12-5-3-11(9-16)4-6-12/h2-8H,9H2,1H3,(H,17,19). The summed E-state index contributed by atoms with van der Waals surface area (Å²) in [4.78, 5) is 22.4. The minimum absolute atomic E-state index is 0.0504. The highest BCUT2D eigenvalue weighted by molar-refractivity contribution is 9.08. The van der Waals surface area contributed by atoms with Crippen LogP contribution in [0.5, 0.6) is 0 Å². The van der Waals surface area contributed by atoms with Gasteiger partial charge in [0.1, 0.15) is 0 Å². The fraction of sp³-hybridized carbons (Fsp3) is 0.133. The Morgan fingerprint density at radius 1 is 1.24 bits per heavy atom. The molecule has 0 spiro atoms. The van der Waals surface area contributed by atoms with Crippen LogP contribution >= 0.6 is 15.9 Å². The van der Waals surface area contributed by atoms with Crippen LogP contribution in [0.15, 0.2) is 42.5 Å². The van der Waals surface area contributed by atoms with Crippen molar-refractivity contribution in [3.05, 3.63) is 69.3 Å². The number of amides is 1. The molecule has 0 fully saturated rings. The molecule has 0 aromatic heterocycles. The molecular formula is C15H13BrN2O3. The maximum atomic E-state index is 12.2. The second-order valence-electron chi connectivity index (χ2n) is 4.54. The molecule has 0 unspecified atom stereocenters. The third-order valence-corrected chi connectivity index (χ3v) is 3.70. The zero-order valence-corrected chi connectivity index (χ0v) is 12.9. The Morgan fingerprint density at radius 2 is 1.90 bits per heavy atom. The molecular weight excluding hydrogens is 336 g/mol. The molecule has 0 radical (unpaired) electrons. The van der Waals surface area contributed by atoms with Gasteiger partial charge in [-0.05, 0) is 30.2 Å². The fourth-order valence-electron chi connectivity index (χ4n) is 1.80. The second kappa shape index (κ2) is 6.49. The number of carbonyl (C=O) groups excluding carboxylic acids is 1. The van der Waals surface area contributed by atoms with Crippen molar-refractivity contribution in [3.63, 3.8) is 0 Å². The first kappa shape index (κ1) is 15.2. The maximum Gasteiger partial charge on any atom is 0.271 e. The number of carbonyl (C=O) groups is 1. The number of nitrogens with zero attached hydrogens (tertiary/aromatic N) is 1. The van der Waals surface area contributed by atoms with Crippen molar-refractivity contribution >= 4 is 33.2 Å². The van der Waals surface area contributed by atoms with E-state index in [0.29, 0.717) is 11.3 Å². The number of halogens is 1. The number of hydrogen-bond donors (Lipinski definition) is 1. The first-order valence-electron chi connectivity index (χ1n) is 6.22. The summed E-state index contributed by atoms with van der Waals surface area (Å²) in [6.45, 7) is 1.78. The average molecular weight is 349 g/mol. The van der Waals surface area contributed by atoms with Gasteiger partial charge < -0.3 is 5.32 Å². The zero-order valence-electron chi connectivity index (χ0n) is 11.3. The lowest BCUT2D eigenvalue weighted by atomic mass is 10.1. The molecule has 0 aliphatic rings. The Hall–Kier alpha value is -2.21. The summed E-state index contributed by atoms with van der Waals surface area (Å²) in [5.74, 6) is -0.292. The van der Waals surface area contributed by atoms with Gasteiger partial charge in [-0.2, -0.15) is 0 Å². The average Bonchev–Trinajstić information content (AvgIpc) is 2.49. The van der Waals surface area contributed by atoms with E-state index in [4.69, 9.17) is 0 Å². The number of nitro groups is 1. The molecule has 2 aromatic rings. The van der Waals surface area contributed by atoms with Gasteiger partial charge in [-0.25, -0.2) is 0 Å². The van der Waals surface area contributed by atoms with Gasteiger partial charge in [0.2, 0.25) is 0 Å². The summed E-state index contributed by atoms with van der Waals surface area (Å²) in [6, 6.07) is 11.5. The Kier molecular flexibility index (Phi) is 4.70. The third-order valence-electron chi connectivity index (χ3n) is 3.05. The van der Waals surface area contributed by atoms with Crippen molar-refractivity contribution in [2.24, 2.45) is 0 Å². The highest BCUT2D eigenvalue weighted by Crippen LogP contribution is 2.22. The van der Waals surface area contributed by atoms with Gasteiger partial charge in [0.25, 0.3) is 11.6 Å². The molecule has 0 aliphatic heterocycles. The summed E-state index contributed by atoms with van der Waals surface area (Å²) >= 11 is 3.34. The number of hydrogen-bond acceptors (Lipinski definition) is 3. The highest BCUT2D eigenvalue weighted by Gasteiger charge is 2.12. The van der Waals surface area contributed by atoms with E-state index in [1.165, 1.54) is 12.1 Å². The molecule has 2 aromatic carbocycles. The number of nitrogens with one attached hydrogen (secondary N) is 1. The minimum atomic E-state index is -0.486. The van der Waals surface area contributed by atoms with Gasteiger partial charge in [0.15, 0.2) is 0 Å².